The summed E-state index contributed by atoms with van der Waals surface area (Å²) in [7, 11) is 2.07. The normalized spacial score (nSPS) is 11.2. The Morgan fingerprint density at radius 1 is 1.28 bits per heavy atom. The van der Waals surface area contributed by atoms with Gasteiger partial charge in [-0.25, -0.2) is 4.98 Å². The van der Waals surface area contributed by atoms with Gasteiger partial charge in [0.1, 0.15) is 5.76 Å². The van der Waals surface area contributed by atoms with Crippen molar-refractivity contribution in [3.63, 3.8) is 0 Å². The van der Waals surface area contributed by atoms with Gasteiger partial charge in [-0.1, -0.05) is 18.5 Å². The molecule has 0 aliphatic heterocycles. The van der Waals surface area contributed by atoms with Crippen molar-refractivity contribution in [2.75, 3.05) is 13.6 Å². The van der Waals surface area contributed by atoms with Crippen LogP contribution in [-0.4, -0.2) is 23.5 Å². The van der Waals surface area contributed by atoms with Gasteiger partial charge in [0.25, 0.3) is 0 Å². The Bertz CT molecular complexity index is 519. The van der Waals surface area contributed by atoms with Crippen LogP contribution in [0.2, 0.25) is 5.02 Å². The molecule has 0 aliphatic rings. The molecule has 4 heteroatoms. The summed E-state index contributed by atoms with van der Waals surface area (Å²) in [4.78, 5) is 6.74. The van der Waals surface area contributed by atoms with Crippen LogP contribution in [0.3, 0.4) is 0 Å². The molecule has 1 aromatic carbocycles. The SMILES string of the molecule is CCN(C)Cc1nc(-c2ccc(Cl)cc2)oc1C. The van der Waals surface area contributed by atoms with Crippen molar-refractivity contribution < 1.29 is 4.42 Å². The summed E-state index contributed by atoms with van der Waals surface area (Å²) in [5, 5.41) is 0.716. The molecule has 0 aliphatic carbocycles. The number of rotatable bonds is 4. The van der Waals surface area contributed by atoms with Crippen LogP contribution >= 0.6 is 11.6 Å². The third kappa shape index (κ3) is 2.92. The molecular weight excluding hydrogens is 248 g/mol. The summed E-state index contributed by atoms with van der Waals surface area (Å²) >= 11 is 5.87. The highest BCUT2D eigenvalue weighted by atomic mass is 35.5. The number of benzene rings is 1. The Balaban J connectivity index is 2.25. The van der Waals surface area contributed by atoms with Gasteiger partial charge in [-0.3, -0.25) is 0 Å². The van der Waals surface area contributed by atoms with Gasteiger partial charge in [-0.15, -0.1) is 0 Å². The van der Waals surface area contributed by atoms with Gasteiger partial charge in [0.15, 0.2) is 0 Å². The first kappa shape index (κ1) is 13.1. The maximum absolute atomic E-state index is 5.87. The lowest BCUT2D eigenvalue weighted by Gasteiger charge is -2.11. The number of hydrogen-bond acceptors (Lipinski definition) is 3. The van der Waals surface area contributed by atoms with E-state index in [4.69, 9.17) is 16.0 Å². The zero-order valence-electron chi connectivity index (χ0n) is 10.9. The summed E-state index contributed by atoms with van der Waals surface area (Å²) in [5.41, 5.74) is 1.94. The predicted molar refractivity (Wildman–Crippen MR) is 73.7 cm³/mol. The summed E-state index contributed by atoms with van der Waals surface area (Å²) in [6.07, 6.45) is 0. The zero-order chi connectivity index (χ0) is 13.1. The molecule has 2 rings (SSSR count). The average Bonchev–Trinajstić information content (AvgIpc) is 2.71. The molecule has 0 unspecified atom stereocenters. The second-order valence-electron chi connectivity index (χ2n) is 4.36. The van der Waals surface area contributed by atoms with Gasteiger partial charge >= 0.3 is 0 Å². The van der Waals surface area contributed by atoms with Crippen LogP contribution in [0.1, 0.15) is 18.4 Å². The lowest BCUT2D eigenvalue weighted by atomic mass is 10.2. The van der Waals surface area contributed by atoms with Crippen molar-refractivity contribution in [2.24, 2.45) is 0 Å². The summed E-state index contributed by atoms with van der Waals surface area (Å²) < 4.78 is 5.71. The van der Waals surface area contributed by atoms with Crippen LogP contribution in [0.4, 0.5) is 0 Å². The van der Waals surface area contributed by atoms with E-state index in [1.165, 1.54) is 0 Å². The second kappa shape index (κ2) is 5.55. The predicted octanol–water partition coefficient (Wildman–Crippen LogP) is 3.76. The van der Waals surface area contributed by atoms with Crippen molar-refractivity contribution in [3.05, 3.63) is 40.7 Å². The van der Waals surface area contributed by atoms with Gasteiger partial charge < -0.3 is 9.32 Å². The highest BCUT2D eigenvalue weighted by Gasteiger charge is 2.12. The number of oxazole rings is 1. The van der Waals surface area contributed by atoms with E-state index in [2.05, 4.69) is 23.9 Å². The van der Waals surface area contributed by atoms with Crippen molar-refractivity contribution in [1.29, 1.82) is 0 Å². The van der Waals surface area contributed by atoms with E-state index >= 15 is 0 Å². The van der Waals surface area contributed by atoms with Crippen molar-refractivity contribution in [3.8, 4) is 11.5 Å². The molecule has 0 bridgehead atoms. The highest BCUT2D eigenvalue weighted by molar-refractivity contribution is 6.30. The largest absolute Gasteiger partial charge is 0.441 e. The van der Waals surface area contributed by atoms with Crippen LogP contribution in [-0.2, 0) is 6.54 Å². The van der Waals surface area contributed by atoms with E-state index < -0.39 is 0 Å². The second-order valence-corrected chi connectivity index (χ2v) is 4.80. The fourth-order valence-corrected chi connectivity index (χ4v) is 1.78. The lowest BCUT2D eigenvalue weighted by molar-refractivity contribution is 0.339. The van der Waals surface area contributed by atoms with Crippen LogP contribution in [0, 0.1) is 6.92 Å². The van der Waals surface area contributed by atoms with Gasteiger partial charge in [0.05, 0.1) is 5.69 Å². The quantitative estimate of drug-likeness (QED) is 0.842. The van der Waals surface area contributed by atoms with Gasteiger partial charge in [-0.2, -0.15) is 0 Å². The lowest BCUT2D eigenvalue weighted by Crippen LogP contribution is -2.17. The molecule has 1 aromatic heterocycles. The number of aromatic nitrogens is 1. The Morgan fingerprint density at radius 3 is 2.56 bits per heavy atom. The van der Waals surface area contributed by atoms with Crippen LogP contribution in [0.15, 0.2) is 28.7 Å². The summed E-state index contributed by atoms with van der Waals surface area (Å²) in [5.74, 6) is 1.53. The number of nitrogens with zero attached hydrogens (tertiary/aromatic N) is 2. The number of hydrogen-bond donors (Lipinski definition) is 0. The fraction of sp³-hybridized carbons (Fsp3) is 0.357. The molecule has 0 spiro atoms. The molecule has 0 saturated carbocycles. The first-order chi connectivity index (χ1) is 8.60. The molecule has 0 amide bonds. The van der Waals surface area contributed by atoms with Crippen molar-refractivity contribution in [1.82, 2.24) is 9.88 Å². The number of halogens is 1. The minimum Gasteiger partial charge on any atom is -0.441 e. The minimum absolute atomic E-state index is 0.656. The van der Waals surface area contributed by atoms with Crippen molar-refractivity contribution in [2.45, 2.75) is 20.4 Å². The molecule has 1 heterocycles. The van der Waals surface area contributed by atoms with E-state index in [9.17, 15) is 0 Å². The van der Waals surface area contributed by atoms with Crippen LogP contribution < -0.4 is 0 Å². The standard InChI is InChI=1S/C14H17ClN2O/c1-4-17(3)9-13-10(2)18-14(16-13)11-5-7-12(15)8-6-11/h5-8H,4,9H2,1-3H3. The minimum atomic E-state index is 0.656. The van der Waals surface area contributed by atoms with E-state index in [-0.39, 0.29) is 0 Å². The van der Waals surface area contributed by atoms with Crippen LogP contribution in [0.25, 0.3) is 11.5 Å². The zero-order valence-corrected chi connectivity index (χ0v) is 11.7. The van der Waals surface area contributed by atoms with E-state index in [1.807, 2.05) is 31.2 Å². The molecule has 0 N–H and O–H groups in total. The van der Waals surface area contributed by atoms with E-state index in [0.717, 1.165) is 30.1 Å². The first-order valence-electron chi connectivity index (χ1n) is 6.01. The van der Waals surface area contributed by atoms with Gasteiger partial charge in [-0.05, 0) is 44.8 Å². The van der Waals surface area contributed by atoms with Crippen LogP contribution in [0.5, 0.6) is 0 Å². The van der Waals surface area contributed by atoms with Gasteiger partial charge in [0, 0.05) is 17.1 Å². The molecule has 0 fully saturated rings. The molecule has 0 radical (unpaired) electrons. The molecule has 18 heavy (non-hydrogen) atoms. The van der Waals surface area contributed by atoms with E-state index in [0.29, 0.717) is 10.9 Å². The first-order valence-corrected chi connectivity index (χ1v) is 6.38. The fourth-order valence-electron chi connectivity index (χ4n) is 1.66. The molecule has 3 nitrogen and oxygen atoms in total. The Labute approximate surface area is 112 Å². The smallest absolute Gasteiger partial charge is 0.226 e. The summed E-state index contributed by atoms with van der Waals surface area (Å²) in [6, 6.07) is 7.52. The Hall–Kier alpha value is -1.32. The van der Waals surface area contributed by atoms with Crippen molar-refractivity contribution >= 4 is 11.6 Å². The van der Waals surface area contributed by atoms with Gasteiger partial charge in [0.2, 0.25) is 5.89 Å². The molecule has 0 saturated heterocycles. The summed E-state index contributed by atoms with van der Waals surface area (Å²) in [6.45, 7) is 5.86. The number of aryl methyl sites for hydroxylation is 1. The Morgan fingerprint density at radius 2 is 1.94 bits per heavy atom. The maximum Gasteiger partial charge on any atom is 0.226 e. The highest BCUT2D eigenvalue weighted by Crippen LogP contribution is 2.23. The topological polar surface area (TPSA) is 29.3 Å². The third-order valence-electron chi connectivity index (χ3n) is 2.94. The molecule has 0 atom stereocenters. The molecule has 96 valence electrons. The Kier molecular flexibility index (Phi) is 4.04. The average molecular weight is 265 g/mol. The van der Waals surface area contributed by atoms with E-state index in [1.54, 1.807) is 0 Å². The monoisotopic (exact) mass is 264 g/mol. The molecule has 2 aromatic rings. The third-order valence-corrected chi connectivity index (χ3v) is 3.20. The maximum atomic E-state index is 5.87. The molecular formula is C14H17ClN2O.